The van der Waals surface area contributed by atoms with Gasteiger partial charge in [0.2, 0.25) is 10.0 Å². The summed E-state index contributed by atoms with van der Waals surface area (Å²) in [6.07, 6.45) is 0.588. The zero-order valence-electron chi connectivity index (χ0n) is 10.1. The Kier molecular flexibility index (Phi) is 3.70. The van der Waals surface area contributed by atoms with Crippen LogP contribution in [-0.4, -0.2) is 37.0 Å². The first kappa shape index (κ1) is 13.5. The predicted octanol–water partition coefficient (Wildman–Crippen LogP) is 1.28. The number of benzene rings is 1. The molecule has 6 heteroatoms. The van der Waals surface area contributed by atoms with Gasteiger partial charge in [0.1, 0.15) is 5.82 Å². The van der Waals surface area contributed by atoms with Crippen molar-refractivity contribution in [3.8, 4) is 0 Å². The molecule has 1 N–H and O–H groups in total. The molecule has 1 unspecified atom stereocenters. The third kappa shape index (κ3) is 2.41. The molecule has 1 saturated heterocycles. The van der Waals surface area contributed by atoms with Crippen LogP contribution in [0, 0.1) is 12.7 Å². The van der Waals surface area contributed by atoms with Gasteiger partial charge in [-0.25, -0.2) is 12.8 Å². The Labute approximate surface area is 106 Å². The SMILES string of the molecule is Cc1c(F)cccc1S(=O)(=O)N1CCCC(O)C1. The maximum absolute atomic E-state index is 13.4. The van der Waals surface area contributed by atoms with Crippen molar-refractivity contribution in [3.05, 3.63) is 29.6 Å². The zero-order valence-corrected chi connectivity index (χ0v) is 11.0. The van der Waals surface area contributed by atoms with Crippen LogP contribution in [0.3, 0.4) is 0 Å². The van der Waals surface area contributed by atoms with Gasteiger partial charge in [0, 0.05) is 18.7 Å². The number of piperidine rings is 1. The fourth-order valence-electron chi connectivity index (χ4n) is 2.15. The lowest BCUT2D eigenvalue weighted by molar-refractivity contribution is 0.108. The lowest BCUT2D eigenvalue weighted by Crippen LogP contribution is -2.42. The molecule has 1 aliphatic rings. The fraction of sp³-hybridized carbons (Fsp3) is 0.500. The number of aliphatic hydroxyl groups excluding tert-OH is 1. The highest BCUT2D eigenvalue weighted by atomic mass is 32.2. The summed E-state index contributed by atoms with van der Waals surface area (Å²) < 4.78 is 39.4. The Morgan fingerprint density at radius 2 is 2.17 bits per heavy atom. The Morgan fingerprint density at radius 1 is 1.44 bits per heavy atom. The number of β-amino-alcohol motifs (C(OH)–C–C–N with tert-alkyl or cyclic N) is 1. The van der Waals surface area contributed by atoms with E-state index in [-0.39, 0.29) is 17.0 Å². The minimum atomic E-state index is -3.71. The summed E-state index contributed by atoms with van der Waals surface area (Å²) in [6.45, 7) is 1.90. The average Bonchev–Trinajstić information content (AvgIpc) is 2.32. The summed E-state index contributed by atoms with van der Waals surface area (Å²) >= 11 is 0. The first-order chi connectivity index (χ1) is 8.43. The summed E-state index contributed by atoms with van der Waals surface area (Å²) in [4.78, 5) is -0.0170. The molecule has 100 valence electrons. The van der Waals surface area contributed by atoms with E-state index in [1.807, 2.05) is 0 Å². The van der Waals surface area contributed by atoms with Crippen LogP contribution in [0.25, 0.3) is 0 Å². The molecule has 0 aliphatic carbocycles. The van der Waals surface area contributed by atoms with Gasteiger partial charge in [0.05, 0.1) is 11.0 Å². The molecule has 1 atom stereocenters. The maximum Gasteiger partial charge on any atom is 0.243 e. The summed E-state index contributed by atoms with van der Waals surface area (Å²) in [5.41, 5.74) is 0.123. The number of hydrogen-bond acceptors (Lipinski definition) is 3. The van der Waals surface area contributed by atoms with Gasteiger partial charge in [-0.2, -0.15) is 4.31 Å². The molecule has 1 aromatic carbocycles. The van der Waals surface area contributed by atoms with Gasteiger partial charge in [-0.3, -0.25) is 0 Å². The van der Waals surface area contributed by atoms with Crippen molar-refractivity contribution in [3.63, 3.8) is 0 Å². The van der Waals surface area contributed by atoms with Gasteiger partial charge >= 0.3 is 0 Å². The molecular weight excluding hydrogens is 257 g/mol. The van der Waals surface area contributed by atoms with Gasteiger partial charge in [-0.05, 0) is 31.9 Å². The van der Waals surface area contributed by atoms with Crippen molar-refractivity contribution >= 4 is 10.0 Å². The zero-order chi connectivity index (χ0) is 13.3. The Hall–Kier alpha value is -0.980. The number of hydrogen-bond donors (Lipinski definition) is 1. The summed E-state index contributed by atoms with van der Waals surface area (Å²) in [6, 6.07) is 4.02. The molecular formula is C12H16FNO3S. The standard InChI is InChI=1S/C12H16FNO3S/c1-9-11(13)5-2-6-12(9)18(16,17)14-7-3-4-10(15)8-14/h2,5-6,10,15H,3-4,7-8H2,1H3. The van der Waals surface area contributed by atoms with Crippen molar-refractivity contribution < 1.29 is 17.9 Å². The van der Waals surface area contributed by atoms with Crippen LogP contribution in [0.5, 0.6) is 0 Å². The number of aliphatic hydroxyl groups is 1. The monoisotopic (exact) mass is 273 g/mol. The highest BCUT2D eigenvalue weighted by Gasteiger charge is 2.30. The van der Waals surface area contributed by atoms with Crippen molar-refractivity contribution in [1.29, 1.82) is 0 Å². The largest absolute Gasteiger partial charge is 0.392 e. The van der Waals surface area contributed by atoms with Crippen LogP contribution in [-0.2, 0) is 10.0 Å². The van der Waals surface area contributed by atoms with Gasteiger partial charge < -0.3 is 5.11 Å². The Morgan fingerprint density at radius 3 is 2.83 bits per heavy atom. The maximum atomic E-state index is 13.4. The van der Waals surface area contributed by atoms with E-state index < -0.39 is 21.9 Å². The molecule has 0 aromatic heterocycles. The van der Waals surface area contributed by atoms with Crippen LogP contribution in [0.15, 0.2) is 23.1 Å². The molecule has 0 spiro atoms. The molecule has 0 saturated carbocycles. The van der Waals surface area contributed by atoms with E-state index in [9.17, 15) is 17.9 Å². The number of rotatable bonds is 2. The number of halogens is 1. The minimum Gasteiger partial charge on any atom is -0.392 e. The van der Waals surface area contributed by atoms with Crippen molar-refractivity contribution in [2.24, 2.45) is 0 Å². The molecule has 0 bridgehead atoms. The number of sulfonamides is 1. The minimum absolute atomic E-state index is 0.0170. The highest BCUT2D eigenvalue weighted by Crippen LogP contribution is 2.24. The first-order valence-electron chi connectivity index (χ1n) is 5.86. The molecule has 1 aliphatic heterocycles. The Bertz CT molecular complexity index is 544. The topological polar surface area (TPSA) is 57.6 Å². The first-order valence-corrected chi connectivity index (χ1v) is 7.30. The van der Waals surface area contributed by atoms with Crippen LogP contribution in [0.4, 0.5) is 4.39 Å². The van der Waals surface area contributed by atoms with Crippen LogP contribution < -0.4 is 0 Å². The summed E-state index contributed by atoms with van der Waals surface area (Å²) in [5.74, 6) is -0.534. The molecule has 4 nitrogen and oxygen atoms in total. The van der Waals surface area contributed by atoms with Gasteiger partial charge in [-0.15, -0.1) is 0 Å². The molecule has 2 rings (SSSR count). The van der Waals surface area contributed by atoms with E-state index in [0.717, 1.165) is 0 Å². The predicted molar refractivity (Wildman–Crippen MR) is 65.1 cm³/mol. The van der Waals surface area contributed by atoms with E-state index >= 15 is 0 Å². The molecule has 0 amide bonds. The lowest BCUT2D eigenvalue weighted by Gasteiger charge is -2.29. The van der Waals surface area contributed by atoms with Crippen molar-refractivity contribution in [2.75, 3.05) is 13.1 Å². The Balaban J connectivity index is 2.39. The average molecular weight is 273 g/mol. The molecule has 1 aromatic rings. The fourth-order valence-corrected chi connectivity index (χ4v) is 3.90. The third-order valence-electron chi connectivity index (χ3n) is 3.20. The van der Waals surface area contributed by atoms with Crippen LogP contribution in [0.2, 0.25) is 0 Å². The quantitative estimate of drug-likeness (QED) is 0.883. The van der Waals surface area contributed by atoms with E-state index in [1.165, 1.54) is 29.4 Å². The highest BCUT2D eigenvalue weighted by molar-refractivity contribution is 7.89. The van der Waals surface area contributed by atoms with Crippen LogP contribution in [0.1, 0.15) is 18.4 Å². The smallest absolute Gasteiger partial charge is 0.243 e. The lowest BCUT2D eigenvalue weighted by atomic mass is 10.1. The molecule has 18 heavy (non-hydrogen) atoms. The van der Waals surface area contributed by atoms with Crippen molar-refractivity contribution in [2.45, 2.75) is 30.8 Å². The van der Waals surface area contributed by atoms with Crippen molar-refractivity contribution in [1.82, 2.24) is 4.31 Å². The second-order valence-corrected chi connectivity index (χ2v) is 6.43. The normalized spacial score (nSPS) is 22.1. The second-order valence-electron chi connectivity index (χ2n) is 4.52. The van der Waals surface area contributed by atoms with E-state index in [4.69, 9.17) is 0 Å². The third-order valence-corrected chi connectivity index (χ3v) is 5.20. The molecule has 0 radical (unpaired) electrons. The van der Waals surface area contributed by atoms with E-state index in [2.05, 4.69) is 0 Å². The number of nitrogens with zero attached hydrogens (tertiary/aromatic N) is 1. The molecule has 1 heterocycles. The van der Waals surface area contributed by atoms with Gasteiger partial charge in [0.15, 0.2) is 0 Å². The van der Waals surface area contributed by atoms with E-state index in [1.54, 1.807) is 0 Å². The summed E-state index contributed by atoms with van der Waals surface area (Å²) in [5, 5.41) is 9.53. The van der Waals surface area contributed by atoms with Gasteiger partial charge in [-0.1, -0.05) is 6.07 Å². The molecule has 1 fully saturated rings. The van der Waals surface area contributed by atoms with Gasteiger partial charge in [0.25, 0.3) is 0 Å². The van der Waals surface area contributed by atoms with E-state index in [0.29, 0.717) is 19.4 Å². The summed E-state index contributed by atoms with van der Waals surface area (Å²) in [7, 11) is -3.71. The second kappa shape index (κ2) is 4.95. The van der Waals surface area contributed by atoms with Crippen LogP contribution >= 0.6 is 0 Å².